The fourth-order valence-electron chi connectivity index (χ4n) is 6.57. The highest BCUT2D eigenvalue weighted by atomic mass is 35.5. The number of hydrogen-bond acceptors (Lipinski definition) is 8. The van der Waals surface area contributed by atoms with Crippen molar-refractivity contribution in [1.29, 1.82) is 0 Å². The molecule has 4 atom stereocenters. The third-order valence-electron chi connectivity index (χ3n) is 10.0. The standard InChI is InChI=1S/C23H32N2O5.C14H18N2O2.ClH/c1-15(23(2,3)4)20(26)25-14-18(12-19(25)21(27)29-5)30-22(28)24-11-10-16-8-6-7-9-17(16)13-24;17-14(18-13-5-7-15-9-13)16-8-6-11-3-1-2-4-12(11)10-16;/h6-9,15,18-19H,10-14H2,1-5H3;1-4,13,15H,5-10H2;1H/t15-,18-,19+;13-;/m11./s1. The summed E-state index contributed by atoms with van der Waals surface area (Å²) in [5, 5.41) is 3.20. The Hall–Kier alpha value is -3.83. The molecule has 0 aromatic heterocycles. The average molecular weight is 699 g/mol. The molecular formula is C37H51ClN4O7. The number of esters is 1. The molecule has 2 aromatic rings. The summed E-state index contributed by atoms with van der Waals surface area (Å²) < 4.78 is 16.1. The zero-order chi connectivity index (χ0) is 34.4. The molecule has 3 amide bonds. The molecule has 4 heterocycles. The summed E-state index contributed by atoms with van der Waals surface area (Å²) in [5.41, 5.74) is 4.72. The van der Waals surface area contributed by atoms with E-state index in [4.69, 9.17) is 14.2 Å². The molecular weight excluding hydrogens is 648 g/mol. The highest BCUT2D eigenvalue weighted by Crippen LogP contribution is 2.32. The molecule has 11 nitrogen and oxygen atoms in total. The Morgan fingerprint density at radius 2 is 1.33 bits per heavy atom. The molecule has 0 radical (unpaired) electrons. The summed E-state index contributed by atoms with van der Waals surface area (Å²) in [4.78, 5) is 55.2. The number of rotatable bonds is 4. The monoisotopic (exact) mass is 698 g/mol. The number of likely N-dealkylation sites (tertiary alicyclic amines) is 1. The molecule has 0 unspecified atom stereocenters. The van der Waals surface area contributed by atoms with E-state index in [0.717, 1.165) is 44.5 Å². The van der Waals surface area contributed by atoms with Crippen LogP contribution in [0, 0.1) is 11.3 Å². The summed E-state index contributed by atoms with van der Waals surface area (Å²) in [6, 6.07) is 15.6. The van der Waals surface area contributed by atoms with Crippen LogP contribution in [0.4, 0.5) is 9.59 Å². The van der Waals surface area contributed by atoms with Gasteiger partial charge in [-0.05, 0) is 53.5 Å². The van der Waals surface area contributed by atoms with Crippen molar-refractivity contribution in [2.24, 2.45) is 11.3 Å². The predicted molar refractivity (Wildman–Crippen MR) is 187 cm³/mol. The summed E-state index contributed by atoms with van der Waals surface area (Å²) in [6.07, 6.45) is 1.84. The van der Waals surface area contributed by atoms with Crippen molar-refractivity contribution in [1.82, 2.24) is 20.0 Å². The van der Waals surface area contributed by atoms with Crippen LogP contribution in [-0.2, 0) is 49.7 Å². The Bertz CT molecular complexity index is 1470. The Morgan fingerprint density at radius 1 is 0.816 bits per heavy atom. The molecule has 49 heavy (non-hydrogen) atoms. The first kappa shape index (κ1) is 38.0. The second kappa shape index (κ2) is 16.7. The van der Waals surface area contributed by atoms with Gasteiger partial charge >= 0.3 is 18.2 Å². The van der Waals surface area contributed by atoms with E-state index in [2.05, 4.69) is 29.6 Å². The van der Waals surface area contributed by atoms with Gasteiger partial charge in [0.1, 0.15) is 18.2 Å². The van der Waals surface area contributed by atoms with E-state index in [9.17, 15) is 19.2 Å². The van der Waals surface area contributed by atoms with Crippen LogP contribution in [-0.4, -0.2) is 96.8 Å². The third-order valence-corrected chi connectivity index (χ3v) is 10.0. The molecule has 0 aliphatic carbocycles. The lowest BCUT2D eigenvalue weighted by Gasteiger charge is -2.32. The van der Waals surface area contributed by atoms with Gasteiger partial charge in [-0.25, -0.2) is 14.4 Å². The van der Waals surface area contributed by atoms with Crippen LogP contribution in [0.3, 0.4) is 0 Å². The summed E-state index contributed by atoms with van der Waals surface area (Å²) >= 11 is 0. The number of hydrogen-bond donors (Lipinski definition) is 1. The van der Waals surface area contributed by atoms with Gasteiger partial charge < -0.3 is 34.2 Å². The highest BCUT2D eigenvalue weighted by molar-refractivity contribution is 5.87. The van der Waals surface area contributed by atoms with Crippen molar-refractivity contribution in [2.45, 2.75) is 84.7 Å². The van der Waals surface area contributed by atoms with E-state index < -0.39 is 24.2 Å². The van der Waals surface area contributed by atoms with Crippen molar-refractivity contribution in [3.63, 3.8) is 0 Å². The van der Waals surface area contributed by atoms with Crippen LogP contribution in [0.2, 0.25) is 0 Å². The maximum Gasteiger partial charge on any atom is 0.410 e. The first-order valence-electron chi connectivity index (χ1n) is 17.1. The molecule has 2 fully saturated rings. The smallest absolute Gasteiger partial charge is 0.410 e. The second-order valence-electron chi connectivity index (χ2n) is 14.2. The maximum atomic E-state index is 13.1. The Labute approximate surface area is 296 Å². The second-order valence-corrected chi connectivity index (χ2v) is 14.2. The molecule has 1 N–H and O–H groups in total. The number of methoxy groups -OCH3 is 1. The van der Waals surface area contributed by atoms with Crippen LogP contribution < -0.4 is 5.32 Å². The number of carbonyl (C=O) groups excluding carboxylic acids is 4. The fraction of sp³-hybridized carbons (Fsp3) is 0.568. The van der Waals surface area contributed by atoms with Gasteiger partial charge in [-0.2, -0.15) is 0 Å². The molecule has 4 aliphatic heterocycles. The van der Waals surface area contributed by atoms with Gasteiger partial charge in [0, 0.05) is 45.1 Å². The van der Waals surface area contributed by atoms with Gasteiger partial charge in [0.25, 0.3) is 0 Å². The number of ether oxygens (including phenoxy) is 3. The summed E-state index contributed by atoms with van der Waals surface area (Å²) in [6.45, 7) is 12.3. The minimum Gasteiger partial charge on any atom is -0.467 e. The SMILES string of the molecule is COC(=O)[C@@H]1C[C@@H](OC(=O)N2CCc3ccccc3C2)CN1C(=O)[C@@H](C)C(C)(C)C.Cl.O=C(O[C@@H]1CCNC1)N1CCc2ccccc2C1. The van der Waals surface area contributed by atoms with Crippen molar-refractivity contribution in [2.75, 3.05) is 39.8 Å². The lowest BCUT2D eigenvalue weighted by molar-refractivity contribution is -0.153. The Morgan fingerprint density at radius 3 is 1.80 bits per heavy atom. The molecule has 12 heteroatoms. The van der Waals surface area contributed by atoms with E-state index >= 15 is 0 Å². The first-order chi connectivity index (χ1) is 22.9. The number of nitrogens with one attached hydrogen (secondary N) is 1. The predicted octanol–water partition coefficient (Wildman–Crippen LogP) is 4.97. The molecule has 6 rings (SSSR count). The first-order valence-corrected chi connectivity index (χ1v) is 17.1. The Kier molecular flexibility index (Phi) is 13.0. The third kappa shape index (κ3) is 9.45. The van der Waals surface area contributed by atoms with Crippen molar-refractivity contribution >= 4 is 36.5 Å². The number of halogens is 1. The van der Waals surface area contributed by atoms with Crippen molar-refractivity contribution in [3.05, 3.63) is 70.8 Å². The van der Waals surface area contributed by atoms with Gasteiger partial charge in [-0.3, -0.25) is 4.79 Å². The van der Waals surface area contributed by atoms with Gasteiger partial charge in [0.15, 0.2) is 0 Å². The van der Waals surface area contributed by atoms with Gasteiger partial charge in [0.05, 0.1) is 13.7 Å². The number of amides is 3. The molecule has 0 bridgehead atoms. The van der Waals surface area contributed by atoms with Gasteiger partial charge in [0.2, 0.25) is 5.91 Å². The molecule has 2 aromatic carbocycles. The van der Waals surface area contributed by atoms with E-state index in [-0.39, 0.29) is 54.8 Å². The zero-order valence-electron chi connectivity index (χ0n) is 29.3. The van der Waals surface area contributed by atoms with Gasteiger partial charge in [-0.15, -0.1) is 12.4 Å². The van der Waals surface area contributed by atoms with Crippen molar-refractivity contribution in [3.8, 4) is 0 Å². The van der Waals surface area contributed by atoms with Crippen LogP contribution >= 0.6 is 12.4 Å². The van der Waals surface area contributed by atoms with Crippen LogP contribution in [0.5, 0.6) is 0 Å². The summed E-state index contributed by atoms with van der Waals surface area (Å²) in [5.74, 6) is -0.879. The minimum atomic E-state index is -0.729. The van der Waals surface area contributed by atoms with E-state index in [1.54, 1.807) is 9.80 Å². The topological polar surface area (TPSA) is 118 Å². The maximum absolute atomic E-state index is 13.1. The van der Waals surface area contributed by atoms with E-state index in [1.165, 1.54) is 28.7 Å². The van der Waals surface area contributed by atoms with Crippen LogP contribution in [0.15, 0.2) is 48.5 Å². The number of nitrogens with zero attached hydrogens (tertiary/aromatic N) is 3. The lowest BCUT2D eigenvalue weighted by atomic mass is 9.81. The number of carbonyl (C=O) groups is 4. The number of benzene rings is 2. The lowest BCUT2D eigenvalue weighted by Crippen LogP contribution is -2.46. The molecule has 0 saturated carbocycles. The molecule has 2 saturated heterocycles. The molecule has 4 aliphatic rings. The van der Waals surface area contributed by atoms with Crippen molar-refractivity contribution < 1.29 is 33.4 Å². The van der Waals surface area contributed by atoms with Crippen LogP contribution in [0.1, 0.15) is 62.8 Å². The number of fused-ring (bicyclic) bond motifs is 2. The molecule has 0 spiro atoms. The normalized spacial score (nSPS) is 22.0. The van der Waals surface area contributed by atoms with Crippen LogP contribution in [0.25, 0.3) is 0 Å². The Balaban J connectivity index is 0.000000242. The minimum absolute atomic E-state index is 0. The average Bonchev–Trinajstić information content (AvgIpc) is 3.77. The fourth-order valence-corrected chi connectivity index (χ4v) is 6.57. The quantitative estimate of drug-likeness (QED) is 0.352. The zero-order valence-corrected chi connectivity index (χ0v) is 30.1. The highest BCUT2D eigenvalue weighted by Gasteiger charge is 2.45. The molecule has 268 valence electrons. The van der Waals surface area contributed by atoms with E-state index in [0.29, 0.717) is 19.6 Å². The largest absolute Gasteiger partial charge is 0.467 e. The van der Waals surface area contributed by atoms with Gasteiger partial charge in [-0.1, -0.05) is 76.2 Å². The summed E-state index contributed by atoms with van der Waals surface area (Å²) in [7, 11) is 1.31. The van der Waals surface area contributed by atoms with E-state index in [1.807, 2.05) is 52.0 Å².